The Morgan fingerprint density at radius 1 is 1.18 bits per heavy atom. The highest BCUT2D eigenvalue weighted by molar-refractivity contribution is 5.85. The second kappa shape index (κ2) is 9.35. The standard InChI is InChI=1S/C14H20N4O4/c15-11(7-4-8-18-13(16)17)12(19)22-14(20)21-9-10-5-2-1-3-6-10/h1-3,5-6,11H,4,7-9,15H2,(H4,16,17,18)/t11-/m0/s1. The predicted molar refractivity (Wildman–Crippen MR) is 80.6 cm³/mol. The summed E-state index contributed by atoms with van der Waals surface area (Å²) in [5, 5.41) is 0. The van der Waals surface area contributed by atoms with Crippen LogP contribution in [-0.4, -0.2) is 30.7 Å². The van der Waals surface area contributed by atoms with Gasteiger partial charge in [-0.25, -0.2) is 9.59 Å². The highest BCUT2D eigenvalue weighted by Crippen LogP contribution is 2.03. The van der Waals surface area contributed by atoms with Crippen molar-refractivity contribution >= 4 is 18.1 Å². The zero-order valence-corrected chi connectivity index (χ0v) is 12.1. The molecule has 0 heterocycles. The van der Waals surface area contributed by atoms with Gasteiger partial charge in [-0.1, -0.05) is 30.3 Å². The van der Waals surface area contributed by atoms with E-state index in [0.717, 1.165) is 5.56 Å². The van der Waals surface area contributed by atoms with E-state index >= 15 is 0 Å². The molecule has 0 aliphatic heterocycles. The molecule has 1 aromatic carbocycles. The summed E-state index contributed by atoms with van der Waals surface area (Å²) in [7, 11) is 0. The highest BCUT2D eigenvalue weighted by Gasteiger charge is 2.19. The summed E-state index contributed by atoms with van der Waals surface area (Å²) in [5.74, 6) is -0.872. The first kappa shape index (κ1) is 17.4. The second-order valence-corrected chi connectivity index (χ2v) is 4.50. The molecule has 1 aromatic rings. The zero-order valence-electron chi connectivity index (χ0n) is 12.1. The van der Waals surface area contributed by atoms with Gasteiger partial charge in [0.25, 0.3) is 0 Å². The van der Waals surface area contributed by atoms with Crippen LogP contribution >= 0.6 is 0 Å². The van der Waals surface area contributed by atoms with Crippen molar-refractivity contribution in [3.05, 3.63) is 35.9 Å². The molecular formula is C14H20N4O4. The summed E-state index contributed by atoms with van der Waals surface area (Å²) in [4.78, 5) is 26.7. The van der Waals surface area contributed by atoms with Crippen LogP contribution in [0.5, 0.6) is 0 Å². The third-order valence-corrected chi connectivity index (χ3v) is 2.65. The van der Waals surface area contributed by atoms with E-state index in [1.165, 1.54) is 0 Å². The molecule has 1 rings (SSSR count). The summed E-state index contributed by atoms with van der Waals surface area (Å²) in [6.07, 6.45) is -0.289. The van der Waals surface area contributed by atoms with Crippen molar-refractivity contribution in [2.75, 3.05) is 6.54 Å². The normalized spacial score (nSPS) is 11.3. The van der Waals surface area contributed by atoms with Crippen molar-refractivity contribution in [3.63, 3.8) is 0 Å². The monoisotopic (exact) mass is 308 g/mol. The number of nitrogens with two attached hydrogens (primary N) is 3. The van der Waals surface area contributed by atoms with E-state index in [0.29, 0.717) is 19.4 Å². The molecule has 0 saturated heterocycles. The van der Waals surface area contributed by atoms with Crippen LogP contribution in [0.25, 0.3) is 0 Å². The number of hydrogen-bond donors (Lipinski definition) is 3. The number of carbonyl (C=O) groups excluding carboxylic acids is 2. The lowest BCUT2D eigenvalue weighted by atomic mass is 10.2. The van der Waals surface area contributed by atoms with Gasteiger partial charge in [0, 0.05) is 6.54 Å². The Balaban J connectivity index is 2.25. The quantitative estimate of drug-likeness (QED) is 0.215. The van der Waals surface area contributed by atoms with Crippen LogP contribution in [0, 0.1) is 0 Å². The number of rotatable bonds is 7. The molecule has 0 fully saturated rings. The van der Waals surface area contributed by atoms with Gasteiger partial charge in [0.05, 0.1) is 0 Å². The lowest BCUT2D eigenvalue weighted by molar-refractivity contribution is -0.141. The first-order valence-corrected chi connectivity index (χ1v) is 6.72. The summed E-state index contributed by atoms with van der Waals surface area (Å²) in [6, 6.07) is 8.09. The molecular weight excluding hydrogens is 288 g/mol. The number of carbonyl (C=O) groups is 2. The van der Waals surface area contributed by atoms with Crippen molar-refractivity contribution in [2.24, 2.45) is 22.2 Å². The van der Waals surface area contributed by atoms with Gasteiger partial charge >= 0.3 is 12.1 Å². The Labute approximate surface area is 128 Å². The van der Waals surface area contributed by atoms with Gasteiger partial charge in [-0.2, -0.15) is 0 Å². The Morgan fingerprint density at radius 2 is 1.86 bits per heavy atom. The van der Waals surface area contributed by atoms with Gasteiger partial charge in [-0.15, -0.1) is 0 Å². The van der Waals surface area contributed by atoms with Crippen molar-refractivity contribution in [1.29, 1.82) is 0 Å². The van der Waals surface area contributed by atoms with Crippen LogP contribution in [0.3, 0.4) is 0 Å². The minimum Gasteiger partial charge on any atom is -0.429 e. The van der Waals surface area contributed by atoms with E-state index in [2.05, 4.69) is 9.73 Å². The lowest BCUT2D eigenvalue weighted by Gasteiger charge is -2.09. The summed E-state index contributed by atoms with van der Waals surface area (Å²) < 4.78 is 9.32. The van der Waals surface area contributed by atoms with Crippen LogP contribution in [0.4, 0.5) is 4.79 Å². The van der Waals surface area contributed by atoms with E-state index in [-0.39, 0.29) is 12.6 Å². The Hall–Kier alpha value is -2.61. The van der Waals surface area contributed by atoms with Crippen molar-refractivity contribution < 1.29 is 19.1 Å². The molecule has 0 aliphatic carbocycles. The van der Waals surface area contributed by atoms with E-state index in [9.17, 15) is 9.59 Å². The summed E-state index contributed by atoms with van der Waals surface area (Å²) >= 11 is 0. The Morgan fingerprint density at radius 3 is 2.50 bits per heavy atom. The maximum Gasteiger partial charge on any atom is 0.516 e. The number of aliphatic imine (C=N–C) groups is 1. The molecule has 8 heteroatoms. The van der Waals surface area contributed by atoms with E-state index in [4.69, 9.17) is 21.9 Å². The second-order valence-electron chi connectivity index (χ2n) is 4.50. The third-order valence-electron chi connectivity index (χ3n) is 2.65. The number of guanidine groups is 1. The smallest absolute Gasteiger partial charge is 0.429 e. The van der Waals surface area contributed by atoms with Gasteiger partial charge in [-0.3, -0.25) is 4.99 Å². The average Bonchev–Trinajstić information content (AvgIpc) is 2.50. The molecule has 0 spiro atoms. The molecule has 0 saturated carbocycles. The number of esters is 1. The van der Waals surface area contributed by atoms with Crippen LogP contribution < -0.4 is 17.2 Å². The third kappa shape index (κ3) is 7.25. The number of benzene rings is 1. The number of ether oxygens (including phenoxy) is 2. The molecule has 0 aromatic heterocycles. The summed E-state index contributed by atoms with van der Waals surface area (Å²) in [5.41, 5.74) is 16.7. The van der Waals surface area contributed by atoms with Crippen molar-refractivity contribution in [3.8, 4) is 0 Å². The molecule has 0 unspecified atom stereocenters. The van der Waals surface area contributed by atoms with E-state index < -0.39 is 18.2 Å². The Bertz CT molecular complexity index is 515. The molecule has 0 amide bonds. The average molecular weight is 308 g/mol. The molecule has 8 nitrogen and oxygen atoms in total. The minimum atomic E-state index is -1.08. The minimum absolute atomic E-state index is 0.0205. The Kier molecular flexibility index (Phi) is 7.41. The van der Waals surface area contributed by atoms with Crippen LogP contribution in [-0.2, 0) is 20.9 Å². The number of hydrogen-bond acceptors (Lipinski definition) is 6. The lowest BCUT2D eigenvalue weighted by Crippen LogP contribution is -2.34. The fourth-order valence-electron chi connectivity index (χ4n) is 1.54. The maximum atomic E-state index is 11.6. The van der Waals surface area contributed by atoms with Gasteiger partial charge in [0.2, 0.25) is 0 Å². The van der Waals surface area contributed by atoms with Crippen molar-refractivity contribution in [2.45, 2.75) is 25.5 Å². The van der Waals surface area contributed by atoms with Crippen LogP contribution in [0.1, 0.15) is 18.4 Å². The first-order valence-electron chi connectivity index (χ1n) is 6.72. The predicted octanol–water partition coefficient (Wildman–Crippen LogP) is 0.247. The molecule has 120 valence electrons. The summed E-state index contributed by atoms with van der Waals surface area (Å²) in [6.45, 7) is 0.369. The fraction of sp³-hybridized carbons (Fsp3) is 0.357. The SMILES string of the molecule is NC(N)=NCCC[C@H](N)C(=O)OC(=O)OCc1ccccc1. The van der Waals surface area contributed by atoms with Gasteiger partial charge < -0.3 is 26.7 Å². The van der Waals surface area contributed by atoms with E-state index in [1.54, 1.807) is 12.1 Å². The largest absolute Gasteiger partial charge is 0.516 e. The number of nitrogens with zero attached hydrogens (tertiary/aromatic N) is 1. The van der Waals surface area contributed by atoms with Crippen LogP contribution in [0.2, 0.25) is 0 Å². The maximum absolute atomic E-state index is 11.6. The molecule has 22 heavy (non-hydrogen) atoms. The van der Waals surface area contributed by atoms with E-state index in [1.807, 2.05) is 18.2 Å². The van der Waals surface area contributed by atoms with Gasteiger partial charge in [-0.05, 0) is 18.4 Å². The molecule has 0 bridgehead atoms. The van der Waals surface area contributed by atoms with Gasteiger partial charge in [0.1, 0.15) is 12.6 Å². The molecule has 1 atom stereocenters. The zero-order chi connectivity index (χ0) is 16.4. The van der Waals surface area contributed by atoms with Crippen LogP contribution in [0.15, 0.2) is 35.3 Å². The molecule has 0 aliphatic rings. The first-order chi connectivity index (χ1) is 10.5. The molecule has 6 N–H and O–H groups in total. The fourth-order valence-corrected chi connectivity index (χ4v) is 1.54. The topological polar surface area (TPSA) is 143 Å². The highest BCUT2D eigenvalue weighted by atomic mass is 16.7. The van der Waals surface area contributed by atoms with Crippen molar-refractivity contribution in [1.82, 2.24) is 0 Å². The molecule has 0 radical (unpaired) electrons. The van der Waals surface area contributed by atoms with Gasteiger partial charge in [0.15, 0.2) is 5.96 Å².